The highest BCUT2D eigenvalue weighted by atomic mass is 32.2. The van der Waals surface area contributed by atoms with Gasteiger partial charge < -0.3 is 5.32 Å². The normalized spacial score (nSPS) is 26.5. The Morgan fingerprint density at radius 3 is 2.77 bits per heavy atom. The Labute approximate surface area is 87.1 Å². The third-order valence-electron chi connectivity index (χ3n) is 3.10. The van der Waals surface area contributed by atoms with E-state index >= 15 is 0 Å². The number of nitrogens with one attached hydrogen (secondary N) is 1. The van der Waals surface area contributed by atoms with Gasteiger partial charge in [-0.1, -0.05) is 27.2 Å². The summed E-state index contributed by atoms with van der Waals surface area (Å²) in [7, 11) is 0. The highest BCUT2D eigenvalue weighted by Gasteiger charge is 2.33. The Morgan fingerprint density at radius 2 is 2.23 bits per heavy atom. The predicted molar refractivity (Wildman–Crippen MR) is 62.4 cm³/mol. The number of hydrogen-bond donors (Lipinski definition) is 1. The molecule has 2 heteroatoms. The molecule has 0 aromatic carbocycles. The van der Waals surface area contributed by atoms with E-state index in [0.29, 0.717) is 5.41 Å². The Morgan fingerprint density at radius 1 is 1.46 bits per heavy atom. The van der Waals surface area contributed by atoms with Crippen molar-refractivity contribution in [3.63, 3.8) is 0 Å². The summed E-state index contributed by atoms with van der Waals surface area (Å²) in [6.07, 6.45) is 4.18. The lowest BCUT2D eigenvalue weighted by molar-refractivity contribution is 0.288. The number of hydrogen-bond acceptors (Lipinski definition) is 2. The van der Waals surface area contributed by atoms with Crippen LogP contribution in [0.3, 0.4) is 0 Å². The summed E-state index contributed by atoms with van der Waals surface area (Å²) in [5.74, 6) is 2.51. The van der Waals surface area contributed by atoms with Gasteiger partial charge in [-0.15, -0.1) is 0 Å². The molecule has 1 rings (SSSR count). The lowest BCUT2D eigenvalue weighted by atomic mass is 9.87. The van der Waals surface area contributed by atoms with Crippen molar-refractivity contribution in [2.75, 3.05) is 18.1 Å². The Hall–Kier alpha value is 0.310. The summed E-state index contributed by atoms with van der Waals surface area (Å²) in [6.45, 7) is 8.20. The maximum absolute atomic E-state index is 3.69. The predicted octanol–water partition coefficient (Wildman–Crippen LogP) is 2.91. The molecule has 1 nitrogen and oxygen atoms in total. The van der Waals surface area contributed by atoms with Gasteiger partial charge in [-0.3, -0.25) is 0 Å². The maximum Gasteiger partial charge on any atom is 0.0119 e. The molecule has 1 fully saturated rings. The molecule has 1 atom stereocenters. The van der Waals surface area contributed by atoms with Crippen molar-refractivity contribution in [2.24, 2.45) is 5.41 Å². The molecule has 0 radical (unpaired) electrons. The van der Waals surface area contributed by atoms with Gasteiger partial charge >= 0.3 is 0 Å². The van der Waals surface area contributed by atoms with Crippen molar-refractivity contribution < 1.29 is 0 Å². The van der Waals surface area contributed by atoms with E-state index in [1.165, 1.54) is 37.3 Å². The van der Waals surface area contributed by atoms with Crippen molar-refractivity contribution in [3.05, 3.63) is 0 Å². The molecule has 0 spiro atoms. The fourth-order valence-corrected chi connectivity index (χ4v) is 2.71. The Kier molecular flexibility index (Phi) is 4.60. The van der Waals surface area contributed by atoms with Gasteiger partial charge in [0.2, 0.25) is 0 Å². The standard InChI is InChI=1S/C11H23NS/c1-4-13-9-8-12-10-6-5-7-11(10,2)3/h10,12H,4-9H2,1-3H3. The molecule has 1 aliphatic carbocycles. The molecule has 1 unspecified atom stereocenters. The topological polar surface area (TPSA) is 12.0 Å². The lowest BCUT2D eigenvalue weighted by Gasteiger charge is -2.27. The highest BCUT2D eigenvalue weighted by molar-refractivity contribution is 7.99. The van der Waals surface area contributed by atoms with Gasteiger partial charge in [-0.25, -0.2) is 0 Å². The van der Waals surface area contributed by atoms with Crippen LogP contribution in [0, 0.1) is 5.41 Å². The second kappa shape index (κ2) is 5.26. The van der Waals surface area contributed by atoms with Crippen LogP contribution in [0.1, 0.15) is 40.0 Å². The quantitative estimate of drug-likeness (QED) is 0.686. The summed E-state index contributed by atoms with van der Waals surface area (Å²) < 4.78 is 0. The molecular weight excluding hydrogens is 178 g/mol. The second-order valence-electron chi connectivity index (χ2n) is 4.58. The fourth-order valence-electron chi connectivity index (χ4n) is 2.15. The SMILES string of the molecule is CCSCCNC1CCCC1(C)C. The monoisotopic (exact) mass is 201 g/mol. The largest absolute Gasteiger partial charge is 0.313 e. The van der Waals surface area contributed by atoms with E-state index in [2.05, 4.69) is 26.1 Å². The van der Waals surface area contributed by atoms with Crippen LogP contribution in [0.4, 0.5) is 0 Å². The van der Waals surface area contributed by atoms with Crippen molar-refractivity contribution in [3.8, 4) is 0 Å². The second-order valence-corrected chi connectivity index (χ2v) is 5.98. The zero-order chi connectivity index (χ0) is 9.73. The molecule has 0 aliphatic heterocycles. The molecule has 78 valence electrons. The van der Waals surface area contributed by atoms with Gasteiger partial charge in [-0.2, -0.15) is 11.8 Å². The number of rotatable bonds is 5. The summed E-state index contributed by atoms with van der Waals surface area (Å²) in [4.78, 5) is 0. The van der Waals surface area contributed by atoms with E-state index in [-0.39, 0.29) is 0 Å². The summed E-state index contributed by atoms with van der Waals surface area (Å²) in [6, 6.07) is 0.768. The lowest BCUT2D eigenvalue weighted by Crippen LogP contribution is -2.38. The molecule has 13 heavy (non-hydrogen) atoms. The minimum Gasteiger partial charge on any atom is -0.313 e. The summed E-state index contributed by atoms with van der Waals surface area (Å²) in [5, 5.41) is 3.69. The van der Waals surface area contributed by atoms with Crippen LogP contribution in [0.25, 0.3) is 0 Å². The smallest absolute Gasteiger partial charge is 0.0119 e. The van der Waals surface area contributed by atoms with Gasteiger partial charge in [0.15, 0.2) is 0 Å². The summed E-state index contributed by atoms with van der Waals surface area (Å²) in [5.41, 5.74) is 0.539. The summed E-state index contributed by atoms with van der Waals surface area (Å²) >= 11 is 2.03. The maximum atomic E-state index is 3.69. The van der Waals surface area contributed by atoms with E-state index in [1.807, 2.05) is 11.8 Å². The zero-order valence-electron chi connectivity index (χ0n) is 9.23. The minimum atomic E-state index is 0.539. The molecular formula is C11H23NS. The van der Waals surface area contributed by atoms with Gasteiger partial charge in [0.1, 0.15) is 0 Å². The average Bonchev–Trinajstić information content (AvgIpc) is 2.40. The minimum absolute atomic E-state index is 0.539. The molecule has 1 N–H and O–H groups in total. The van der Waals surface area contributed by atoms with Crippen LogP contribution in [0.2, 0.25) is 0 Å². The highest BCUT2D eigenvalue weighted by Crippen LogP contribution is 2.36. The molecule has 0 bridgehead atoms. The zero-order valence-corrected chi connectivity index (χ0v) is 10.0. The van der Waals surface area contributed by atoms with Gasteiger partial charge in [0.25, 0.3) is 0 Å². The fraction of sp³-hybridized carbons (Fsp3) is 1.00. The van der Waals surface area contributed by atoms with Crippen molar-refractivity contribution in [1.29, 1.82) is 0 Å². The Bertz CT molecular complexity index is 145. The third kappa shape index (κ3) is 3.51. The van der Waals surface area contributed by atoms with E-state index in [4.69, 9.17) is 0 Å². The molecule has 0 heterocycles. The molecule has 0 aromatic heterocycles. The molecule has 0 saturated heterocycles. The van der Waals surface area contributed by atoms with Gasteiger partial charge in [-0.05, 0) is 24.0 Å². The molecule has 1 aliphatic rings. The van der Waals surface area contributed by atoms with Crippen LogP contribution in [-0.2, 0) is 0 Å². The van der Waals surface area contributed by atoms with Crippen LogP contribution < -0.4 is 5.32 Å². The first kappa shape index (κ1) is 11.4. The van der Waals surface area contributed by atoms with E-state index in [9.17, 15) is 0 Å². The molecule has 0 amide bonds. The van der Waals surface area contributed by atoms with Crippen LogP contribution >= 0.6 is 11.8 Å². The first-order valence-electron chi connectivity index (χ1n) is 5.48. The van der Waals surface area contributed by atoms with Gasteiger partial charge in [0, 0.05) is 18.3 Å². The van der Waals surface area contributed by atoms with Crippen LogP contribution in [-0.4, -0.2) is 24.1 Å². The van der Waals surface area contributed by atoms with Crippen molar-refractivity contribution in [2.45, 2.75) is 46.1 Å². The third-order valence-corrected chi connectivity index (χ3v) is 4.00. The first-order valence-corrected chi connectivity index (χ1v) is 6.63. The van der Waals surface area contributed by atoms with E-state index in [1.54, 1.807) is 0 Å². The van der Waals surface area contributed by atoms with Crippen LogP contribution in [0.15, 0.2) is 0 Å². The van der Waals surface area contributed by atoms with E-state index < -0.39 is 0 Å². The van der Waals surface area contributed by atoms with Gasteiger partial charge in [0.05, 0.1) is 0 Å². The first-order chi connectivity index (χ1) is 6.17. The average molecular weight is 201 g/mol. The number of thioether (sulfide) groups is 1. The Balaban J connectivity index is 2.14. The molecule has 0 aromatic rings. The van der Waals surface area contributed by atoms with Crippen molar-refractivity contribution >= 4 is 11.8 Å². The molecule has 1 saturated carbocycles. The van der Waals surface area contributed by atoms with Crippen LogP contribution in [0.5, 0.6) is 0 Å². The van der Waals surface area contributed by atoms with Crippen molar-refractivity contribution in [1.82, 2.24) is 5.32 Å². The van der Waals surface area contributed by atoms with E-state index in [0.717, 1.165) is 6.04 Å².